The average molecular weight is 733 g/mol. The number of rotatable bonds is 2. The third-order valence-corrected chi connectivity index (χ3v) is 14.6. The van der Waals surface area contributed by atoms with Crippen molar-refractivity contribution < 1.29 is 4.42 Å². The molecule has 0 spiro atoms. The summed E-state index contributed by atoms with van der Waals surface area (Å²) in [5.74, 6) is 0. The van der Waals surface area contributed by atoms with Crippen molar-refractivity contribution in [2.45, 2.75) is 77.6 Å². The molecule has 2 aliphatic heterocycles. The van der Waals surface area contributed by atoms with Crippen molar-refractivity contribution in [3.8, 4) is 11.1 Å². The lowest BCUT2D eigenvalue weighted by molar-refractivity contribution is 0.332. The van der Waals surface area contributed by atoms with E-state index in [9.17, 15) is 0 Å². The largest absolute Gasteiger partial charge is 0.455 e. The Morgan fingerprint density at radius 3 is 2.18 bits per heavy atom. The van der Waals surface area contributed by atoms with Crippen molar-refractivity contribution >= 4 is 89.3 Å². The van der Waals surface area contributed by atoms with Gasteiger partial charge in [0.2, 0.25) is 7.28 Å². The molecule has 2 aromatic heterocycles. The lowest BCUT2D eigenvalue weighted by Gasteiger charge is -2.43. The molecule has 1 N–H and O–H groups in total. The quantitative estimate of drug-likeness (QED) is 0.179. The Kier molecular flexibility index (Phi) is 6.72. The molecule has 270 valence electrons. The van der Waals surface area contributed by atoms with Crippen LogP contribution in [0.25, 0.3) is 43.2 Å². The summed E-state index contributed by atoms with van der Waals surface area (Å²) in [6.45, 7) is 16.8. The fourth-order valence-electron chi connectivity index (χ4n) is 10.3. The van der Waals surface area contributed by atoms with Crippen LogP contribution in [-0.4, -0.2) is 7.28 Å². The fraction of sp³-hybridized carbons (Fsp3) is 0.240. The van der Waals surface area contributed by atoms with Crippen LogP contribution in [0.2, 0.25) is 0 Å². The smallest absolute Gasteiger partial charge is 0.211 e. The van der Waals surface area contributed by atoms with Crippen molar-refractivity contribution in [1.29, 1.82) is 0 Å². The number of nitrogens with zero attached hydrogens (tertiary/aromatic N) is 1. The standard InChI is InChI=1S/C50H45BN2OS/c1-28-25-35-36(49(4,5)24-23-48(35,2)3)27-38(28)53-39-26-32-29-15-8-12-21-40(29)54-46(32)42(43(39)51-47-45(53)30-16-9-13-22-41(30)55-47)31-17-14-19-34-44(31)52-37-20-11-10-18-33(37)50(34,6)7/h8-22,25-27,51-52H,23-24H2,1-7H3. The van der Waals surface area contributed by atoms with Crippen LogP contribution < -0.4 is 20.5 Å². The van der Waals surface area contributed by atoms with Crippen LogP contribution in [0, 0.1) is 6.92 Å². The summed E-state index contributed by atoms with van der Waals surface area (Å²) in [6, 6.07) is 40.8. The molecule has 0 fully saturated rings. The Bertz CT molecular complexity index is 2940. The zero-order valence-electron chi connectivity index (χ0n) is 32.8. The van der Waals surface area contributed by atoms with Crippen LogP contribution in [0.15, 0.2) is 114 Å². The first kappa shape index (κ1) is 33.1. The van der Waals surface area contributed by atoms with Crippen molar-refractivity contribution in [2.75, 3.05) is 10.2 Å². The lowest BCUT2D eigenvalue weighted by atomic mass is 9.61. The van der Waals surface area contributed by atoms with Crippen LogP contribution in [-0.2, 0) is 16.2 Å². The third kappa shape index (κ3) is 4.57. The van der Waals surface area contributed by atoms with E-state index >= 15 is 0 Å². The van der Waals surface area contributed by atoms with Gasteiger partial charge in [-0.1, -0.05) is 120 Å². The molecule has 5 heteroatoms. The first-order valence-electron chi connectivity index (χ1n) is 19.9. The Morgan fingerprint density at radius 2 is 1.36 bits per heavy atom. The topological polar surface area (TPSA) is 28.4 Å². The van der Waals surface area contributed by atoms with E-state index in [1.54, 1.807) is 0 Å². The lowest BCUT2D eigenvalue weighted by Crippen LogP contribution is -2.40. The van der Waals surface area contributed by atoms with Gasteiger partial charge in [0.1, 0.15) is 11.2 Å². The van der Waals surface area contributed by atoms with Gasteiger partial charge in [-0.2, -0.15) is 0 Å². The Balaban J connectivity index is 1.27. The van der Waals surface area contributed by atoms with E-state index in [4.69, 9.17) is 4.42 Å². The minimum atomic E-state index is -0.180. The highest BCUT2D eigenvalue weighted by Gasteiger charge is 2.41. The second-order valence-corrected chi connectivity index (χ2v) is 19.2. The number of benzene rings is 6. The summed E-state index contributed by atoms with van der Waals surface area (Å²) in [5.41, 5.74) is 18.7. The molecular weight excluding hydrogens is 687 g/mol. The number of hydrogen-bond donors (Lipinski definition) is 1. The van der Waals surface area contributed by atoms with Gasteiger partial charge in [-0.3, -0.25) is 0 Å². The number of nitrogens with one attached hydrogen (secondary N) is 1. The van der Waals surface area contributed by atoms with Gasteiger partial charge in [-0.15, -0.1) is 11.3 Å². The number of thiophene rings is 1. The molecule has 0 radical (unpaired) electrons. The van der Waals surface area contributed by atoms with Crippen molar-refractivity contribution in [3.05, 3.63) is 137 Å². The zero-order valence-corrected chi connectivity index (χ0v) is 33.6. The van der Waals surface area contributed by atoms with E-state index in [0.717, 1.165) is 29.2 Å². The van der Waals surface area contributed by atoms with Gasteiger partial charge < -0.3 is 14.6 Å². The van der Waals surface area contributed by atoms with Gasteiger partial charge >= 0.3 is 0 Å². The van der Waals surface area contributed by atoms with Crippen LogP contribution >= 0.6 is 11.3 Å². The predicted octanol–water partition coefficient (Wildman–Crippen LogP) is 12.7. The molecule has 4 heterocycles. The number of fused-ring (bicyclic) bond motifs is 10. The molecule has 0 saturated carbocycles. The first-order chi connectivity index (χ1) is 26.4. The van der Waals surface area contributed by atoms with Gasteiger partial charge in [0, 0.05) is 54.5 Å². The van der Waals surface area contributed by atoms with Crippen LogP contribution in [0.1, 0.15) is 82.2 Å². The number of furan rings is 1. The number of aryl methyl sites for hydroxylation is 1. The highest BCUT2D eigenvalue weighted by atomic mass is 32.1. The minimum Gasteiger partial charge on any atom is -0.455 e. The molecule has 0 unspecified atom stereocenters. The van der Waals surface area contributed by atoms with E-state index in [2.05, 4.69) is 168 Å². The highest BCUT2D eigenvalue weighted by molar-refractivity contribution is 7.29. The van der Waals surface area contributed by atoms with Crippen molar-refractivity contribution in [3.63, 3.8) is 0 Å². The van der Waals surface area contributed by atoms with Gasteiger partial charge in [0.05, 0.1) is 11.4 Å². The zero-order chi connectivity index (χ0) is 37.6. The predicted molar refractivity (Wildman–Crippen MR) is 238 cm³/mol. The number of anilines is 5. The van der Waals surface area contributed by atoms with Crippen LogP contribution in [0.4, 0.5) is 28.4 Å². The Hall–Kier alpha value is -5.26. The van der Waals surface area contributed by atoms with E-state index in [1.165, 1.54) is 101 Å². The van der Waals surface area contributed by atoms with E-state index in [0.29, 0.717) is 0 Å². The molecule has 3 aliphatic rings. The van der Waals surface area contributed by atoms with Gasteiger partial charge in [0.25, 0.3) is 0 Å². The molecule has 3 nitrogen and oxygen atoms in total. The first-order valence-corrected chi connectivity index (χ1v) is 20.7. The van der Waals surface area contributed by atoms with Crippen molar-refractivity contribution in [1.82, 2.24) is 0 Å². The molecule has 6 aromatic carbocycles. The molecule has 0 saturated heterocycles. The summed E-state index contributed by atoms with van der Waals surface area (Å²) >= 11 is 1.94. The van der Waals surface area contributed by atoms with Crippen LogP contribution in [0.3, 0.4) is 0 Å². The monoisotopic (exact) mass is 732 g/mol. The summed E-state index contributed by atoms with van der Waals surface area (Å²) in [4.78, 5) is 2.65. The SMILES string of the molecule is Cc1cc2c(cc1N1c3cc4c(oc5ccccc54)c(-c4cccc5c4Nc4ccccc4C5(C)C)c3Bc3sc4ccccc4c31)C(C)(C)CCC2(C)C. The summed E-state index contributed by atoms with van der Waals surface area (Å²) in [5, 5.41) is 7.58. The second-order valence-electron chi connectivity index (χ2n) is 18.1. The summed E-state index contributed by atoms with van der Waals surface area (Å²) < 4.78 is 9.73. The van der Waals surface area contributed by atoms with Crippen molar-refractivity contribution in [2.24, 2.45) is 0 Å². The maximum Gasteiger partial charge on any atom is 0.211 e. The van der Waals surface area contributed by atoms with Crippen LogP contribution in [0.5, 0.6) is 0 Å². The number of para-hydroxylation sites is 3. The highest BCUT2D eigenvalue weighted by Crippen LogP contribution is 2.54. The summed E-state index contributed by atoms with van der Waals surface area (Å²) in [7, 11) is 0.828. The molecule has 0 amide bonds. The molecular formula is C50H45BN2OS. The molecule has 0 atom stereocenters. The molecule has 11 rings (SSSR count). The van der Waals surface area contributed by atoms with Gasteiger partial charge in [-0.05, 0) is 99.0 Å². The molecule has 8 aromatic rings. The molecule has 1 aliphatic carbocycles. The maximum absolute atomic E-state index is 7.01. The summed E-state index contributed by atoms with van der Waals surface area (Å²) in [6.07, 6.45) is 2.37. The Morgan fingerprint density at radius 1 is 0.673 bits per heavy atom. The van der Waals surface area contributed by atoms with E-state index in [-0.39, 0.29) is 16.2 Å². The minimum absolute atomic E-state index is 0.0825. The normalized spacial score (nSPS) is 17.2. The van der Waals surface area contributed by atoms with E-state index < -0.39 is 0 Å². The number of hydrogen-bond acceptors (Lipinski definition) is 4. The molecule has 55 heavy (non-hydrogen) atoms. The van der Waals surface area contributed by atoms with Gasteiger partial charge in [-0.25, -0.2) is 0 Å². The fourth-order valence-corrected chi connectivity index (χ4v) is 11.5. The second kappa shape index (κ2) is 11.2. The third-order valence-electron chi connectivity index (χ3n) is 13.5. The van der Waals surface area contributed by atoms with E-state index in [1.807, 2.05) is 11.3 Å². The van der Waals surface area contributed by atoms with Gasteiger partial charge in [0.15, 0.2) is 0 Å². The maximum atomic E-state index is 7.01. The Labute approximate surface area is 328 Å². The molecule has 0 bridgehead atoms. The average Bonchev–Trinajstić information content (AvgIpc) is 3.73.